The maximum atomic E-state index is 5.74. The highest BCUT2D eigenvalue weighted by atomic mass is 16.5. The second-order valence-corrected chi connectivity index (χ2v) is 9.65. The average molecular weight is 485 g/mol. The zero-order valence-corrected chi connectivity index (χ0v) is 21.8. The number of hydrogen-bond acceptors (Lipinski definition) is 4. The summed E-state index contributed by atoms with van der Waals surface area (Å²) in [6.45, 7) is 7.58. The van der Waals surface area contributed by atoms with Crippen LogP contribution >= 0.6 is 0 Å². The molecule has 3 aromatic rings. The van der Waals surface area contributed by atoms with E-state index in [0.29, 0.717) is 12.1 Å². The molecule has 4 rings (SSSR count). The maximum absolute atomic E-state index is 5.74. The van der Waals surface area contributed by atoms with E-state index in [9.17, 15) is 0 Å². The lowest BCUT2D eigenvalue weighted by Crippen LogP contribution is -2.52. The molecule has 3 aromatic carbocycles. The van der Waals surface area contributed by atoms with E-state index in [1.165, 1.54) is 42.4 Å². The molecule has 1 aliphatic carbocycles. The molecule has 4 heteroatoms. The van der Waals surface area contributed by atoms with Gasteiger partial charge in [0.05, 0.1) is 14.2 Å². The van der Waals surface area contributed by atoms with Crippen LogP contribution in [-0.4, -0.2) is 42.6 Å². The van der Waals surface area contributed by atoms with Crippen molar-refractivity contribution < 1.29 is 9.47 Å². The number of hydrogen-bond donors (Lipinski definition) is 0. The summed E-state index contributed by atoms with van der Waals surface area (Å²) in [5.74, 6) is 1.91. The number of rotatable bonds is 12. The van der Waals surface area contributed by atoms with Crippen molar-refractivity contribution in [3.05, 3.63) is 108 Å². The molecule has 0 aliphatic heterocycles. The van der Waals surface area contributed by atoms with Crippen LogP contribution in [0.25, 0.3) is 0 Å². The van der Waals surface area contributed by atoms with Crippen LogP contribution in [0.3, 0.4) is 0 Å². The zero-order chi connectivity index (χ0) is 25.2. The van der Waals surface area contributed by atoms with E-state index in [4.69, 9.17) is 9.47 Å². The lowest BCUT2D eigenvalue weighted by atomic mass is 9.87. The van der Waals surface area contributed by atoms with Gasteiger partial charge in [0.2, 0.25) is 0 Å². The van der Waals surface area contributed by atoms with Crippen LogP contribution in [0, 0.1) is 0 Å². The number of nitrogens with zero attached hydrogens (tertiary/aromatic N) is 2. The van der Waals surface area contributed by atoms with Gasteiger partial charge in [-0.3, -0.25) is 9.80 Å². The van der Waals surface area contributed by atoms with Crippen LogP contribution in [0.1, 0.15) is 42.4 Å². The first-order valence-corrected chi connectivity index (χ1v) is 13.1. The normalized spacial score (nSPS) is 17.8. The molecule has 0 N–H and O–H groups in total. The standard InChI is InChI=1S/C32H40N2O2/c1-4-22-33(24-27-16-8-12-20-31(27)35-2)29-18-10-11-19-30(29)34(23-26-14-6-5-7-15-26)25-28-17-9-13-21-32(28)36-3/h4-9,12-17,20-21,29-30H,1,10-11,18-19,22-25H2,2-3H3/t29-,30-/m1/s1. The Morgan fingerprint density at radius 3 is 1.75 bits per heavy atom. The van der Waals surface area contributed by atoms with Crippen LogP contribution in [0.2, 0.25) is 0 Å². The largest absolute Gasteiger partial charge is 0.496 e. The smallest absolute Gasteiger partial charge is 0.123 e. The summed E-state index contributed by atoms with van der Waals surface area (Å²) in [6.07, 6.45) is 6.93. The third kappa shape index (κ3) is 6.57. The van der Waals surface area contributed by atoms with E-state index in [1.807, 2.05) is 18.2 Å². The van der Waals surface area contributed by atoms with Gasteiger partial charge in [-0.2, -0.15) is 0 Å². The van der Waals surface area contributed by atoms with Gasteiger partial charge in [-0.15, -0.1) is 6.58 Å². The van der Waals surface area contributed by atoms with Gasteiger partial charge < -0.3 is 9.47 Å². The highest BCUT2D eigenvalue weighted by Crippen LogP contribution is 2.33. The van der Waals surface area contributed by atoms with Crippen molar-refractivity contribution in [3.63, 3.8) is 0 Å². The fourth-order valence-electron chi connectivity index (χ4n) is 5.64. The summed E-state index contributed by atoms with van der Waals surface area (Å²) in [7, 11) is 3.53. The van der Waals surface area contributed by atoms with E-state index in [-0.39, 0.29) is 0 Å². The second kappa shape index (κ2) is 13.3. The predicted octanol–water partition coefficient (Wildman–Crippen LogP) is 6.71. The van der Waals surface area contributed by atoms with Crippen molar-refractivity contribution in [3.8, 4) is 11.5 Å². The van der Waals surface area contributed by atoms with Gasteiger partial charge >= 0.3 is 0 Å². The Bertz CT molecular complexity index is 1080. The van der Waals surface area contributed by atoms with E-state index < -0.39 is 0 Å². The minimum Gasteiger partial charge on any atom is -0.496 e. The molecule has 0 radical (unpaired) electrons. The van der Waals surface area contributed by atoms with E-state index in [1.54, 1.807) is 14.2 Å². The predicted molar refractivity (Wildman–Crippen MR) is 148 cm³/mol. The first-order valence-electron chi connectivity index (χ1n) is 13.1. The lowest BCUT2D eigenvalue weighted by Gasteiger charge is -2.45. The molecule has 2 atom stereocenters. The number of methoxy groups -OCH3 is 2. The molecule has 0 saturated heterocycles. The molecule has 0 bridgehead atoms. The van der Waals surface area contributed by atoms with Crippen molar-refractivity contribution in [1.29, 1.82) is 0 Å². The van der Waals surface area contributed by atoms with Crippen molar-refractivity contribution in [2.24, 2.45) is 0 Å². The van der Waals surface area contributed by atoms with Crippen LogP contribution in [-0.2, 0) is 19.6 Å². The fourth-order valence-corrected chi connectivity index (χ4v) is 5.64. The molecule has 0 spiro atoms. The monoisotopic (exact) mass is 484 g/mol. The number of benzene rings is 3. The zero-order valence-electron chi connectivity index (χ0n) is 21.8. The Hall–Kier alpha value is -3.08. The Labute approximate surface area is 217 Å². The van der Waals surface area contributed by atoms with Crippen molar-refractivity contribution >= 4 is 0 Å². The topological polar surface area (TPSA) is 24.9 Å². The number of ether oxygens (including phenoxy) is 2. The average Bonchev–Trinajstić information content (AvgIpc) is 2.93. The Morgan fingerprint density at radius 2 is 1.19 bits per heavy atom. The van der Waals surface area contributed by atoms with Gasteiger partial charge in [0.15, 0.2) is 0 Å². The van der Waals surface area contributed by atoms with E-state index in [2.05, 4.69) is 83.1 Å². The SMILES string of the molecule is C=CCN(Cc1ccccc1OC)[C@@H]1CCCC[C@H]1N(Cc1ccccc1)Cc1ccccc1OC. The highest BCUT2D eigenvalue weighted by Gasteiger charge is 2.34. The summed E-state index contributed by atoms with van der Waals surface area (Å²) < 4.78 is 11.4. The van der Waals surface area contributed by atoms with Crippen molar-refractivity contribution in [1.82, 2.24) is 9.80 Å². The quantitative estimate of drug-likeness (QED) is 0.267. The van der Waals surface area contributed by atoms with Gasteiger partial charge in [-0.05, 0) is 30.5 Å². The molecule has 0 unspecified atom stereocenters. The van der Waals surface area contributed by atoms with Crippen LogP contribution in [0.4, 0.5) is 0 Å². The Kier molecular flexibility index (Phi) is 9.60. The molecule has 0 amide bonds. The second-order valence-electron chi connectivity index (χ2n) is 9.65. The molecular formula is C32H40N2O2. The van der Waals surface area contributed by atoms with Gasteiger partial charge in [-0.1, -0.05) is 85.6 Å². The first-order chi connectivity index (χ1) is 17.7. The minimum absolute atomic E-state index is 0.429. The Balaban J connectivity index is 1.66. The molecule has 4 nitrogen and oxygen atoms in total. The molecule has 0 aromatic heterocycles. The van der Waals surface area contributed by atoms with E-state index >= 15 is 0 Å². The molecule has 36 heavy (non-hydrogen) atoms. The summed E-state index contributed by atoms with van der Waals surface area (Å²) >= 11 is 0. The van der Waals surface area contributed by atoms with Gasteiger partial charge in [0.1, 0.15) is 11.5 Å². The molecule has 190 valence electrons. The third-order valence-corrected chi connectivity index (χ3v) is 7.36. The van der Waals surface area contributed by atoms with Crippen LogP contribution in [0.15, 0.2) is 91.5 Å². The number of para-hydroxylation sites is 2. The third-order valence-electron chi connectivity index (χ3n) is 7.36. The fraction of sp³-hybridized carbons (Fsp3) is 0.375. The van der Waals surface area contributed by atoms with Crippen LogP contribution in [0.5, 0.6) is 11.5 Å². The summed E-state index contributed by atoms with van der Waals surface area (Å²) in [5, 5.41) is 0. The van der Waals surface area contributed by atoms with Crippen molar-refractivity contribution in [2.75, 3.05) is 20.8 Å². The summed E-state index contributed by atoms with van der Waals surface area (Å²) in [4.78, 5) is 5.28. The van der Waals surface area contributed by atoms with Crippen LogP contribution < -0.4 is 9.47 Å². The molecule has 1 saturated carbocycles. The molecule has 1 fully saturated rings. The van der Waals surface area contributed by atoms with Gasteiger partial charge in [-0.25, -0.2) is 0 Å². The summed E-state index contributed by atoms with van der Waals surface area (Å²) in [6, 6.07) is 28.5. The summed E-state index contributed by atoms with van der Waals surface area (Å²) in [5.41, 5.74) is 3.81. The first kappa shape index (κ1) is 26.0. The minimum atomic E-state index is 0.429. The molecule has 1 aliphatic rings. The maximum Gasteiger partial charge on any atom is 0.123 e. The van der Waals surface area contributed by atoms with Gasteiger partial charge in [0, 0.05) is 49.4 Å². The van der Waals surface area contributed by atoms with Crippen molar-refractivity contribution in [2.45, 2.75) is 57.4 Å². The lowest BCUT2D eigenvalue weighted by molar-refractivity contribution is 0.0393. The van der Waals surface area contributed by atoms with E-state index in [0.717, 1.165) is 37.7 Å². The Morgan fingerprint density at radius 1 is 0.694 bits per heavy atom. The van der Waals surface area contributed by atoms with Gasteiger partial charge in [0.25, 0.3) is 0 Å². The molecule has 0 heterocycles. The molecular weight excluding hydrogens is 444 g/mol. The highest BCUT2D eigenvalue weighted by molar-refractivity contribution is 5.34.